The maximum absolute atomic E-state index is 13.7. The number of urea groups is 1. The number of likely N-dealkylation sites (tertiary alicyclic amines) is 1. The lowest BCUT2D eigenvalue weighted by Gasteiger charge is -2.33. The highest BCUT2D eigenvalue weighted by atomic mass is 16.2. The Labute approximate surface area is 194 Å². The highest BCUT2D eigenvalue weighted by Crippen LogP contribution is 2.35. The first kappa shape index (κ1) is 21.3. The van der Waals surface area contributed by atoms with Crippen LogP contribution in [0.25, 0.3) is 0 Å². The molecule has 0 aliphatic carbocycles. The number of imide groups is 1. The van der Waals surface area contributed by atoms with Crippen molar-refractivity contribution in [2.75, 3.05) is 26.2 Å². The number of amides is 3. The molecule has 6 heteroatoms. The summed E-state index contributed by atoms with van der Waals surface area (Å²) in [6.45, 7) is 2.99. The van der Waals surface area contributed by atoms with Crippen LogP contribution in [0.5, 0.6) is 0 Å². The minimum Gasteiger partial charge on any atom is -0.315 e. The lowest BCUT2D eigenvalue weighted by Crippen LogP contribution is -2.46. The number of pyridine rings is 1. The second-order valence-corrected chi connectivity index (χ2v) is 8.77. The zero-order valence-corrected chi connectivity index (χ0v) is 18.6. The van der Waals surface area contributed by atoms with Crippen molar-refractivity contribution in [1.29, 1.82) is 0 Å². The maximum atomic E-state index is 13.7. The summed E-state index contributed by atoms with van der Waals surface area (Å²) >= 11 is 0. The Hall–Kier alpha value is -3.51. The summed E-state index contributed by atoms with van der Waals surface area (Å²) in [5.74, 6) is 0.335. The molecule has 168 valence electrons. The molecule has 1 aromatic heterocycles. The average molecular weight is 441 g/mol. The van der Waals surface area contributed by atoms with E-state index in [9.17, 15) is 9.59 Å². The number of nitrogens with one attached hydrogen (secondary N) is 1. The van der Waals surface area contributed by atoms with E-state index in [1.165, 1.54) is 10.5 Å². The van der Waals surface area contributed by atoms with E-state index in [2.05, 4.69) is 45.5 Å². The van der Waals surface area contributed by atoms with Gasteiger partial charge in [-0.25, -0.2) is 4.79 Å². The number of hydrogen-bond donors (Lipinski definition) is 1. The van der Waals surface area contributed by atoms with Gasteiger partial charge in [0.15, 0.2) is 5.54 Å². The van der Waals surface area contributed by atoms with Crippen molar-refractivity contribution in [3.63, 3.8) is 0 Å². The van der Waals surface area contributed by atoms with Crippen LogP contribution in [-0.4, -0.2) is 52.9 Å². The second-order valence-electron chi connectivity index (χ2n) is 8.77. The summed E-state index contributed by atoms with van der Waals surface area (Å²) in [6, 6.07) is 23.4. The SMILES string of the molecule is O=C1NC(c2ccccc2)(c2cccnc2)C(=O)N1CCN1CCC(c2ccccc2)CC1. The standard InChI is InChI=1S/C27H28N4O2/c32-25-27(23-10-5-2-6-11-23,24-12-7-15-28-20-24)29-26(33)31(25)19-18-30-16-13-22(14-17-30)21-8-3-1-4-9-21/h1-12,15,20,22H,13-14,16-19H2,(H,29,33). The van der Waals surface area contributed by atoms with Crippen LogP contribution in [0, 0.1) is 0 Å². The van der Waals surface area contributed by atoms with Crippen molar-refractivity contribution in [1.82, 2.24) is 20.1 Å². The van der Waals surface area contributed by atoms with E-state index in [1.54, 1.807) is 18.5 Å². The normalized spacial score (nSPS) is 21.9. The van der Waals surface area contributed by atoms with Gasteiger partial charge in [-0.2, -0.15) is 0 Å². The van der Waals surface area contributed by atoms with Crippen LogP contribution in [-0.2, 0) is 10.3 Å². The molecule has 0 radical (unpaired) electrons. The monoisotopic (exact) mass is 440 g/mol. The largest absolute Gasteiger partial charge is 0.325 e. The fourth-order valence-electron chi connectivity index (χ4n) is 5.07. The van der Waals surface area contributed by atoms with Gasteiger partial charge < -0.3 is 10.2 Å². The first-order chi connectivity index (χ1) is 16.2. The van der Waals surface area contributed by atoms with Gasteiger partial charge in [-0.05, 0) is 49.0 Å². The number of piperidine rings is 1. The predicted molar refractivity (Wildman–Crippen MR) is 127 cm³/mol. The zero-order chi connectivity index (χ0) is 22.7. The van der Waals surface area contributed by atoms with E-state index in [4.69, 9.17) is 0 Å². The molecule has 1 unspecified atom stereocenters. The van der Waals surface area contributed by atoms with Gasteiger partial charge in [-0.15, -0.1) is 0 Å². The molecule has 0 saturated carbocycles. The maximum Gasteiger partial charge on any atom is 0.325 e. The Balaban J connectivity index is 1.29. The van der Waals surface area contributed by atoms with E-state index in [1.807, 2.05) is 36.4 Å². The molecule has 2 saturated heterocycles. The van der Waals surface area contributed by atoms with Crippen molar-refractivity contribution >= 4 is 11.9 Å². The molecular weight excluding hydrogens is 412 g/mol. The average Bonchev–Trinajstić information content (AvgIpc) is 3.15. The Morgan fingerprint density at radius 1 is 0.848 bits per heavy atom. The molecule has 3 heterocycles. The molecule has 6 nitrogen and oxygen atoms in total. The topological polar surface area (TPSA) is 65.5 Å². The third-order valence-electron chi connectivity index (χ3n) is 6.91. The van der Waals surface area contributed by atoms with E-state index in [-0.39, 0.29) is 11.9 Å². The van der Waals surface area contributed by atoms with E-state index < -0.39 is 5.54 Å². The molecule has 5 rings (SSSR count). The molecule has 2 aliphatic heterocycles. The number of benzene rings is 2. The Kier molecular flexibility index (Phi) is 5.92. The number of rotatable bonds is 6. The number of carbonyl (C=O) groups is 2. The molecule has 1 atom stereocenters. The number of aromatic nitrogens is 1. The van der Waals surface area contributed by atoms with Gasteiger partial charge in [0.2, 0.25) is 0 Å². The van der Waals surface area contributed by atoms with Gasteiger partial charge >= 0.3 is 6.03 Å². The molecule has 1 N–H and O–H groups in total. The Morgan fingerprint density at radius 2 is 1.52 bits per heavy atom. The Bertz CT molecular complexity index is 1060. The third-order valence-corrected chi connectivity index (χ3v) is 6.91. The molecular formula is C27H28N4O2. The van der Waals surface area contributed by atoms with Gasteiger partial charge in [0, 0.05) is 31.0 Å². The first-order valence-corrected chi connectivity index (χ1v) is 11.6. The van der Waals surface area contributed by atoms with E-state index in [0.717, 1.165) is 31.5 Å². The van der Waals surface area contributed by atoms with Gasteiger partial charge in [-0.3, -0.25) is 14.7 Å². The van der Waals surface area contributed by atoms with Gasteiger partial charge in [-0.1, -0.05) is 66.7 Å². The number of hydrogen-bond acceptors (Lipinski definition) is 4. The fraction of sp³-hybridized carbons (Fsp3) is 0.296. The molecule has 33 heavy (non-hydrogen) atoms. The minimum absolute atomic E-state index is 0.245. The fourth-order valence-corrected chi connectivity index (χ4v) is 5.07. The van der Waals surface area contributed by atoms with Gasteiger partial charge in [0.05, 0.1) is 0 Å². The lowest BCUT2D eigenvalue weighted by molar-refractivity contribution is -0.130. The Morgan fingerprint density at radius 3 is 2.18 bits per heavy atom. The highest BCUT2D eigenvalue weighted by Gasteiger charge is 2.53. The summed E-state index contributed by atoms with van der Waals surface area (Å²) in [7, 11) is 0. The van der Waals surface area contributed by atoms with Gasteiger partial charge in [0.25, 0.3) is 5.91 Å². The van der Waals surface area contributed by atoms with Crippen molar-refractivity contribution in [2.24, 2.45) is 0 Å². The van der Waals surface area contributed by atoms with Gasteiger partial charge in [0.1, 0.15) is 0 Å². The minimum atomic E-state index is -1.24. The number of nitrogens with zero attached hydrogens (tertiary/aromatic N) is 3. The van der Waals surface area contributed by atoms with Crippen LogP contribution >= 0.6 is 0 Å². The van der Waals surface area contributed by atoms with Crippen LogP contribution in [0.2, 0.25) is 0 Å². The van der Waals surface area contributed by atoms with Crippen molar-refractivity contribution in [2.45, 2.75) is 24.3 Å². The quantitative estimate of drug-likeness (QED) is 0.593. The summed E-state index contributed by atoms with van der Waals surface area (Å²) in [5.41, 5.74) is 1.56. The van der Waals surface area contributed by atoms with Crippen LogP contribution in [0.15, 0.2) is 85.2 Å². The molecule has 3 amide bonds. The van der Waals surface area contributed by atoms with Crippen molar-refractivity contribution < 1.29 is 9.59 Å². The van der Waals surface area contributed by atoms with E-state index in [0.29, 0.717) is 24.6 Å². The summed E-state index contributed by atoms with van der Waals surface area (Å²) < 4.78 is 0. The molecule has 2 aliphatic rings. The smallest absolute Gasteiger partial charge is 0.315 e. The molecule has 0 spiro atoms. The lowest BCUT2D eigenvalue weighted by atomic mass is 9.83. The molecule has 2 aromatic carbocycles. The van der Waals surface area contributed by atoms with Crippen LogP contribution in [0.3, 0.4) is 0 Å². The van der Waals surface area contributed by atoms with Crippen molar-refractivity contribution in [3.05, 3.63) is 102 Å². The summed E-state index contributed by atoms with van der Waals surface area (Å²) in [4.78, 5) is 34.7. The van der Waals surface area contributed by atoms with Crippen LogP contribution < -0.4 is 5.32 Å². The third kappa shape index (κ3) is 4.02. The highest BCUT2D eigenvalue weighted by molar-refractivity contribution is 6.09. The first-order valence-electron chi connectivity index (χ1n) is 11.6. The van der Waals surface area contributed by atoms with Crippen LogP contribution in [0.4, 0.5) is 4.79 Å². The molecule has 0 bridgehead atoms. The number of carbonyl (C=O) groups excluding carboxylic acids is 2. The van der Waals surface area contributed by atoms with E-state index >= 15 is 0 Å². The predicted octanol–water partition coefficient (Wildman–Crippen LogP) is 3.76. The summed E-state index contributed by atoms with van der Waals surface area (Å²) in [6.07, 6.45) is 5.50. The molecule has 2 fully saturated rings. The van der Waals surface area contributed by atoms with Crippen molar-refractivity contribution in [3.8, 4) is 0 Å². The summed E-state index contributed by atoms with van der Waals surface area (Å²) in [5, 5.41) is 3.00. The van der Waals surface area contributed by atoms with Crippen LogP contribution in [0.1, 0.15) is 35.4 Å². The second kappa shape index (κ2) is 9.16. The zero-order valence-electron chi connectivity index (χ0n) is 18.6. The molecule has 3 aromatic rings.